The number of ether oxygens (including phenoxy) is 1. The predicted octanol–water partition coefficient (Wildman–Crippen LogP) is 4.23. The number of amides is 1. The van der Waals surface area contributed by atoms with Crippen LogP contribution in [0, 0.1) is 0 Å². The van der Waals surface area contributed by atoms with Crippen LogP contribution in [0.5, 0.6) is 0 Å². The highest BCUT2D eigenvalue weighted by Crippen LogP contribution is 2.24. The second-order valence-electron chi connectivity index (χ2n) is 7.48. The molecule has 3 aromatic rings. The molecule has 1 heterocycles. The number of fused-ring (bicyclic) bond motifs is 1. The molecule has 1 aliphatic rings. The molecule has 0 radical (unpaired) electrons. The molecule has 0 saturated heterocycles. The normalized spacial score (nSPS) is 15.0. The van der Waals surface area contributed by atoms with Crippen molar-refractivity contribution in [3.8, 4) is 11.4 Å². The lowest BCUT2D eigenvalue weighted by Gasteiger charge is -2.16. The van der Waals surface area contributed by atoms with Crippen LogP contribution in [0.3, 0.4) is 0 Å². The third kappa shape index (κ3) is 4.65. The highest BCUT2D eigenvalue weighted by atomic mass is 16.5. The van der Waals surface area contributed by atoms with Gasteiger partial charge in [-0.2, -0.15) is 0 Å². The predicted molar refractivity (Wildman–Crippen MR) is 111 cm³/mol. The Morgan fingerprint density at radius 3 is 2.52 bits per heavy atom. The molecule has 1 fully saturated rings. The molecule has 29 heavy (non-hydrogen) atoms. The Hall–Kier alpha value is -3.15. The van der Waals surface area contributed by atoms with E-state index in [1.807, 2.05) is 36.4 Å². The van der Waals surface area contributed by atoms with Gasteiger partial charge in [0.15, 0.2) is 6.61 Å². The maximum atomic E-state index is 12.7. The number of nitrogens with zero attached hydrogens (tertiary/aromatic N) is 1. The summed E-state index contributed by atoms with van der Waals surface area (Å²) in [4.78, 5) is 32.7. The maximum absolute atomic E-state index is 12.7. The van der Waals surface area contributed by atoms with Gasteiger partial charge in [-0.05, 0) is 31.0 Å². The van der Waals surface area contributed by atoms with E-state index in [4.69, 9.17) is 4.74 Å². The van der Waals surface area contributed by atoms with E-state index in [0.29, 0.717) is 17.0 Å². The van der Waals surface area contributed by atoms with Gasteiger partial charge in [0.2, 0.25) is 0 Å². The van der Waals surface area contributed by atoms with Gasteiger partial charge in [0.25, 0.3) is 5.91 Å². The summed E-state index contributed by atoms with van der Waals surface area (Å²) in [6.07, 6.45) is 6.70. The Labute approximate surface area is 169 Å². The number of aromatic nitrogens is 2. The van der Waals surface area contributed by atoms with Crippen molar-refractivity contribution in [2.24, 2.45) is 0 Å². The Morgan fingerprint density at radius 2 is 1.72 bits per heavy atom. The zero-order valence-electron chi connectivity index (χ0n) is 16.3. The van der Waals surface area contributed by atoms with Crippen molar-refractivity contribution in [2.75, 3.05) is 6.61 Å². The summed E-state index contributed by atoms with van der Waals surface area (Å²) >= 11 is 0. The fourth-order valence-corrected chi connectivity index (χ4v) is 3.85. The van der Waals surface area contributed by atoms with E-state index >= 15 is 0 Å². The van der Waals surface area contributed by atoms with Crippen molar-refractivity contribution < 1.29 is 14.3 Å². The number of carbonyl (C=O) groups excluding carboxylic acids is 2. The quantitative estimate of drug-likeness (QED) is 0.504. The lowest BCUT2D eigenvalue weighted by molar-refractivity contribution is -0.125. The van der Waals surface area contributed by atoms with Gasteiger partial charge in [0.1, 0.15) is 5.82 Å². The van der Waals surface area contributed by atoms with Crippen LogP contribution in [-0.2, 0) is 9.53 Å². The minimum atomic E-state index is -0.530. The summed E-state index contributed by atoms with van der Waals surface area (Å²) in [6.45, 7) is -0.274. The number of esters is 1. The van der Waals surface area contributed by atoms with Crippen molar-refractivity contribution in [1.29, 1.82) is 0 Å². The number of hydrogen-bond acceptors (Lipinski definition) is 4. The van der Waals surface area contributed by atoms with E-state index in [2.05, 4.69) is 15.3 Å². The molecule has 0 bridgehead atoms. The fraction of sp³-hybridized carbons (Fsp3) is 0.348. The molecule has 1 aromatic heterocycles. The van der Waals surface area contributed by atoms with E-state index in [0.717, 1.165) is 36.7 Å². The zero-order chi connectivity index (χ0) is 20.1. The molecule has 2 N–H and O–H groups in total. The average Bonchev–Trinajstić information content (AvgIpc) is 3.02. The van der Waals surface area contributed by atoms with Crippen LogP contribution in [0.1, 0.15) is 48.9 Å². The summed E-state index contributed by atoms with van der Waals surface area (Å²) in [7, 11) is 0. The second kappa shape index (κ2) is 8.90. The molecule has 2 aromatic carbocycles. The molecule has 150 valence electrons. The molecule has 4 rings (SSSR count). The van der Waals surface area contributed by atoms with Crippen LogP contribution < -0.4 is 5.32 Å². The van der Waals surface area contributed by atoms with E-state index in [1.54, 1.807) is 12.1 Å². The molecule has 6 heteroatoms. The summed E-state index contributed by atoms with van der Waals surface area (Å²) in [5.74, 6) is -0.176. The van der Waals surface area contributed by atoms with Gasteiger partial charge in [0, 0.05) is 11.6 Å². The highest BCUT2D eigenvalue weighted by Gasteiger charge is 2.19. The monoisotopic (exact) mass is 391 g/mol. The summed E-state index contributed by atoms with van der Waals surface area (Å²) in [5.41, 5.74) is 2.76. The Bertz CT molecular complexity index is 970. The largest absolute Gasteiger partial charge is 0.452 e. The van der Waals surface area contributed by atoms with Crippen molar-refractivity contribution in [2.45, 2.75) is 44.6 Å². The number of para-hydroxylation sites is 2. The van der Waals surface area contributed by atoms with Crippen LogP contribution in [0.15, 0.2) is 48.5 Å². The molecule has 0 aliphatic heterocycles. The summed E-state index contributed by atoms with van der Waals surface area (Å²) < 4.78 is 5.31. The van der Waals surface area contributed by atoms with Crippen LogP contribution in [-0.4, -0.2) is 34.5 Å². The number of carbonyl (C=O) groups is 2. The molecular weight excluding hydrogens is 366 g/mol. The summed E-state index contributed by atoms with van der Waals surface area (Å²) in [5, 5.41) is 3.00. The Balaban J connectivity index is 1.43. The van der Waals surface area contributed by atoms with Gasteiger partial charge < -0.3 is 15.0 Å². The Morgan fingerprint density at radius 1 is 1.00 bits per heavy atom. The lowest BCUT2D eigenvalue weighted by Crippen LogP contribution is -2.37. The van der Waals surface area contributed by atoms with Crippen molar-refractivity contribution in [3.63, 3.8) is 0 Å². The second-order valence-corrected chi connectivity index (χ2v) is 7.48. The van der Waals surface area contributed by atoms with Gasteiger partial charge in [-0.15, -0.1) is 0 Å². The molecule has 1 amide bonds. The number of benzene rings is 2. The first-order valence-corrected chi connectivity index (χ1v) is 10.2. The van der Waals surface area contributed by atoms with E-state index < -0.39 is 5.97 Å². The minimum absolute atomic E-state index is 0.187. The maximum Gasteiger partial charge on any atom is 0.339 e. The number of rotatable bonds is 5. The summed E-state index contributed by atoms with van der Waals surface area (Å²) in [6, 6.07) is 15.0. The van der Waals surface area contributed by atoms with Gasteiger partial charge in [-0.3, -0.25) is 4.79 Å². The average molecular weight is 391 g/mol. The van der Waals surface area contributed by atoms with Crippen LogP contribution in [0.25, 0.3) is 22.4 Å². The first kappa shape index (κ1) is 19.2. The van der Waals surface area contributed by atoms with Crippen molar-refractivity contribution >= 4 is 22.9 Å². The van der Waals surface area contributed by atoms with Crippen molar-refractivity contribution in [1.82, 2.24) is 15.3 Å². The first-order chi connectivity index (χ1) is 14.2. The molecule has 0 spiro atoms. The number of aromatic amines is 1. The number of H-pyrrole nitrogens is 1. The van der Waals surface area contributed by atoms with Crippen LogP contribution in [0.2, 0.25) is 0 Å². The van der Waals surface area contributed by atoms with Crippen LogP contribution in [0.4, 0.5) is 0 Å². The van der Waals surface area contributed by atoms with Crippen molar-refractivity contribution in [3.05, 3.63) is 54.1 Å². The lowest BCUT2D eigenvalue weighted by atomic mass is 10.1. The minimum Gasteiger partial charge on any atom is -0.452 e. The van der Waals surface area contributed by atoms with E-state index in [1.165, 1.54) is 12.8 Å². The number of nitrogens with one attached hydrogen (secondary N) is 2. The van der Waals surface area contributed by atoms with E-state index in [9.17, 15) is 9.59 Å². The molecule has 6 nitrogen and oxygen atoms in total. The van der Waals surface area contributed by atoms with Gasteiger partial charge in [0.05, 0.1) is 16.6 Å². The fourth-order valence-electron chi connectivity index (χ4n) is 3.85. The first-order valence-electron chi connectivity index (χ1n) is 10.2. The van der Waals surface area contributed by atoms with E-state index in [-0.39, 0.29) is 18.6 Å². The SMILES string of the molecule is O=C(COC(=O)c1ccccc1-c1nc2ccccc2[nH]1)NC1CCCCCC1. The smallest absolute Gasteiger partial charge is 0.339 e. The molecule has 0 unspecified atom stereocenters. The standard InChI is InChI=1S/C23H25N3O3/c27-21(24-16-9-3-1-2-4-10-16)15-29-23(28)18-12-6-5-11-17(18)22-25-19-13-7-8-14-20(19)26-22/h5-8,11-14,16H,1-4,9-10,15H2,(H,24,27)(H,25,26). The third-order valence-electron chi connectivity index (χ3n) is 5.35. The van der Waals surface area contributed by atoms with Crippen LogP contribution >= 0.6 is 0 Å². The molecule has 1 saturated carbocycles. The third-order valence-corrected chi connectivity index (χ3v) is 5.35. The Kier molecular flexibility index (Phi) is 5.89. The number of hydrogen-bond donors (Lipinski definition) is 2. The van der Waals surface area contributed by atoms with Gasteiger partial charge >= 0.3 is 5.97 Å². The van der Waals surface area contributed by atoms with Gasteiger partial charge in [-0.25, -0.2) is 9.78 Å². The molecule has 1 aliphatic carbocycles. The number of imidazole rings is 1. The zero-order valence-corrected chi connectivity index (χ0v) is 16.3. The topological polar surface area (TPSA) is 84.1 Å². The molecular formula is C23H25N3O3. The molecule has 0 atom stereocenters. The highest BCUT2D eigenvalue weighted by molar-refractivity contribution is 5.98. The van der Waals surface area contributed by atoms with Gasteiger partial charge in [-0.1, -0.05) is 56.0 Å².